The van der Waals surface area contributed by atoms with Crippen molar-refractivity contribution in [3.05, 3.63) is 16.2 Å². The summed E-state index contributed by atoms with van der Waals surface area (Å²) in [6.45, 7) is 3.85. The van der Waals surface area contributed by atoms with Gasteiger partial charge in [-0.2, -0.15) is 9.61 Å². The van der Waals surface area contributed by atoms with Crippen molar-refractivity contribution in [2.45, 2.75) is 25.8 Å². The third kappa shape index (κ3) is 1.97. The second-order valence-electron chi connectivity index (χ2n) is 4.88. The third-order valence-electron chi connectivity index (χ3n) is 3.60. The van der Waals surface area contributed by atoms with Gasteiger partial charge in [0.2, 0.25) is 0 Å². The molecule has 2 aromatic heterocycles. The average molecular weight is 325 g/mol. The molecule has 102 valence electrons. The van der Waals surface area contributed by atoms with Crippen LogP contribution in [-0.4, -0.2) is 33.7 Å². The Morgan fingerprint density at radius 2 is 2.32 bits per heavy atom. The van der Waals surface area contributed by atoms with E-state index in [1.165, 1.54) is 0 Å². The topological polar surface area (TPSA) is 85.5 Å². The predicted octanol–water partition coefficient (Wildman–Crippen LogP) is 1.17. The number of nitrogens with zero attached hydrogens (tertiary/aromatic N) is 4. The fraction of sp³-hybridized carbons (Fsp3) is 0.500. The molecule has 0 bridgehead atoms. The van der Waals surface area contributed by atoms with E-state index in [1.807, 2.05) is 0 Å². The number of nitrogen functional groups attached to an aromatic ring is 1. The van der Waals surface area contributed by atoms with Gasteiger partial charge in [-0.3, -0.25) is 0 Å². The Hall–Kier alpha value is -1.34. The molecule has 1 fully saturated rings. The van der Waals surface area contributed by atoms with Gasteiger partial charge in [0, 0.05) is 24.7 Å². The van der Waals surface area contributed by atoms with E-state index in [1.54, 1.807) is 10.7 Å². The average Bonchev–Trinajstić information content (AvgIpc) is 2.97. The number of hydrogen-bond donors (Lipinski definition) is 2. The van der Waals surface area contributed by atoms with Crippen LogP contribution in [0.4, 0.5) is 11.6 Å². The second-order valence-corrected chi connectivity index (χ2v) is 5.73. The highest BCUT2D eigenvalue weighted by Gasteiger charge is 2.25. The predicted molar refractivity (Wildman–Crippen MR) is 79.3 cm³/mol. The van der Waals surface area contributed by atoms with Crippen molar-refractivity contribution in [2.75, 3.05) is 23.7 Å². The highest BCUT2D eigenvalue weighted by molar-refractivity contribution is 9.10. The summed E-state index contributed by atoms with van der Waals surface area (Å²) in [5.41, 5.74) is 14.0. The van der Waals surface area contributed by atoms with Crippen LogP contribution in [0.1, 0.15) is 18.9 Å². The molecule has 0 aliphatic carbocycles. The fourth-order valence-corrected chi connectivity index (χ4v) is 2.94. The van der Waals surface area contributed by atoms with Crippen molar-refractivity contribution in [3.8, 4) is 0 Å². The lowest BCUT2D eigenvalue weighted by Crippen LogP contribution is -2.28. The zero-order valence-corrected chi connectivity index (χ0v) is 12.4. The van der Waals surface area contributed by atoms with Crippen LogP contribution >= 0.6 is 15.9 Å². The summed E-state index contributed by atoms with van der Waals surface area (Å²) in [7, 11) is 0. The van der Waals surface area contributed by atoms with Crippen LogP contribution in [0, 0.1) is 0 Å². The number of hydrogen-bond acceptors (Lipinski definition) is 5. The van der Waals surface area contributed by atoms with Gasteiger partial charge in [-0.25, -0.2) is 4.98 Å². The number of rotatable bonds is 2. The van der Waals surface area contributed by atoms with Gasteiger partial charge < -0.3 is 16.4 Å². The third-order valence-corrected chi connectivity index (χ3v) is 4.16. The smallest absolute Gasteiger partial charge is 0.173 e. The molecule has 0 saturated carbocycles. The zero-order chi connectivity index (χ0) is 13.6. The van der Waals surface area contributed by atoms with E-state index in [0.717, 1.165) is 47.4 Å². The highest BCUT2D eigenvalue weighted by atomic mass is 79.9. The summed E-state index contributed by atoms with van der Waals surface area (Å²) in [5, 5.41) is 4.25. The van der Waals surface area contributed by atoms with E-state index in [9.17, 15) is 0 Å². The van der Waals surface area contributed by atoms with Crippen molar-refractivity contribution < 1.29 is 0 Å². The van der Waals surface area contributed by atoms with E-state index >= 15 is 0 Å². The van der Waals surface area contributed by atoms with Crippen LogP contribution in [-0.2, 0) is 6.42 Å². The van der Waals surface area contributed by atoms with E-state index < -0.39 is 0 Å². The maximum atomic E-state index is 6.23. The Balaban J connectivity index is 2.19. The molecule has 3 heterocycles. The van der Waals surface area contributed by atoms with Crippen molar-refractivity contribution in [1.82, 2.24) is 14.6 Å². The minimum absolute atomic E-state index is 0.220. The molecule has 0 amide bonds. The van der Waals surface area contributed by atoms with Gasteiger partial charge in [0.1, 0.15) is 11.6 Å². The lowest BCUT2D eigenvalue weighted by Gasteiger charge is -2.21. The molecule has 0 unspecified atom stereocenters. The number of fused-ring (bicyclic) bond motifs is 1. The first kappa shape index (κ1) is 12.7. The molecular formula is C12H17BrN6. The van der Waals surface area contributed by atoms with Crippen LogP contribution in [0.5, 0.6) is 0 Å². The minimum atomic E-state index is 0.220. The highest BCUT2D eigenvalue weighted by Crippen LogP contribution is 2.30. The second kappa shape index (κ2) is 4.64. The molecule has 1 aliphatic heterocycles. The standard InChI is InChI=1S/C12H17BrN6/c1-2-8-10(15)19-12(9(13)5-16-19)17-11(8)18-4-3-7(14)6-18/h5,7H,2-4,6,14-15H2,1H3/t7-/m0/s1. The molecule has 0 aromatic carbocycles. The molecule has 4 N–H and O–H groups in total. The van der Waals surface area contributed by atoms with Gasteiger partial charge in [-0.1, -0.05) is 6.92 Å². The molecule has 1 aliphatic rings. The van der Waals surface area contributed by atoms with Crippen molar-refractivity contribution in [3.63, 3.8) is 0 Å². The van der Waals surface area contributed by atoms with E-state index in [2.05, 4.69) is 32.9 Å². The first-order chi connectivity index (χ1) is 9.11. The molecule has 1 saturated heterocycles. The molecule has 1 atom stereocenters. The lowest BCUT2D eigenvalue weighted by atomic mass is 10.2. The maximum absolute atomic E-state index is 6.23. The molecule has 0 spiro atoms. The Kier molecular flexibility index (Phi) is 3.10. The molecular weight excluding hydrogens is 308 g/mol. The van der Waals surface area contributed by atoms with Crippen molar-refractivity contribution in [1.29, 1.82) is 0 Å². The normalized spacial score (nSPS) is 19.5. The first-order valence-corrected chi connectivity index (χ1v) is 7.23. The van der Waals surface area contributed by atoms with Crippen LogP contribution in [0.3, 0.4) is 0 Å². The van der Waals surface area contributed by atoms with Gasteiger partial charge in [0.05, 0.1) is 10.7 Å². The summed E-state index contributed by atoms with van der Waals surface area (Å²) in [5.74, 6) is 1.61. The Morgan fingerprint density at radius 3 is 2.95 bits per heavy atom. The first-order valence-electron chi connectivity index (χ1n) is 6.44. The summed E-state index contributed by atoms with van der Waals surface area (Å²) < 4.78 is 2.54. The molecule has 19 heavy (non-hydrogen) atoms. The summed E-state index contributed by atoms with van der Waals surface area (Å²) in [6, 6.07) is 0.220. The maximum Gasteiger partial charge on any atom is 0.173 e. The Morgan fingerprint density at radius 1 is 1.53 bits per heavy atom. The van der Waals surface area contributed by atoms with Crippen molar-refractivity contribution >= 4 is 33.2 Å². The van der Waals surface area contributed by atoms with E-state index in [0.29, 0.717) is 5.82 Å². The van der Waals surface area contributed by atoms with Gasteiger partial charge in [-0.05, 0) is 28.8 Å². The van der Waals surface area contributed by atoms with Gasteiger partial charge in [0.15, 0.2) is 5.65 Å². The summed E-state index contributed by atoms with van der Waals surface area (Å²) >= 11 is 3.46. The molecule has 2 aromatic rings. The van der Waals surface area contributed by atoms with Crippen LogP contribution < -0.4 is 16.4 Å². The van der Waals surface area contributed by atoms with Gasteiger partial charge >= 0.3 is 0 Å². The molecule has 3 rings (SSSR count). The lowest BCUT2D eigenvalue weighted by molar-refractivity contribution is 0.750. The summed E-state index contributed by atoms with van der Waals surface area (Å²) in [6.07, 6.45) is 3.54. The van der Waals surface area contributed by atoms with Gasteiger partial charge in [-0.15, -0.1) is 0 Å². The minimum Gasteiger partial charge on any atom is -0.383 e. The van der Waals surface area contributed by atoms with Crippen LogP contribution in [0.15, 0.2) is 10.7 Å². The van der Waals surface area contributed by atoms with Crippen LogP contribution in [0.25, 0.3) is 5.65 Å². The quantitative estimate of drug-likeness (QED) is 0.866. The number of anilines is 2. The molecule has 0 radical (unpaired) electrons. The monoisotopic (exact) mass is 324 g/mol. The van der Waals surface area contributed by atoms with E-state index in [4.69, 9.17) is 16.5 Å². The molecule has 6 nitrogen and oxygen atoms in total. The SMILES string of the molecule is CCc1c(N2CC[C@H](N)C2)nc2c(Br)cnn2c1N. The zero-order valence-electron chi connectivity index (χ0n) is 10.8. The number of aromatic nitrogens is 3. The number of nitrogens with two attached hydrogens (primary N) is 2. The Bertz CT molecular complexity index is 622. The van der Waals surface area contributed by atoms with Gasteiger partial charge in [0.25, 0.3) is 0 Å². The molecule has 7 heteroatoms. The summed E-state index contributed by atoms with van der Waals surface area (Å²) in [4.78, 5) is 6.95. The Labute approximate surface area is 119 Å². The fourth-order valence-electron chi connectivity index (χ4n) is 2.59. The van der Waals surface area contributed by atoms with Crippen LogP contribution in [0.2, 0.25) is 0 Å². The van der Waals surface area contributed by atoms with E-state index in [-0.39, 0.29) is 6.04 Å². The number of halogens is 1. The largest absolute Gasteiger partial charge is 0.383 e. The van der Waals surface area contributed by atoms with Crippen molar-refractivity contribution in [2.24, 2.45) is 5.73 Å².